The summed E-state index contributed by atoms with van der Waals surface area (Å²) in [4.78, 5) is 22.5. The molecule has 0 aliphatic heterocycles. The molecular formula is C72H122N15O3S+9. The van der Waals surface area contributed by atoms with Crippen LogP contribution in [-0.4, -0.2) is 33.3 Å². The second kappa shape index (κ2) is 42.2. The lowest BCUT2D eigenvalue weighted by atomic mass is 10.1. The number of imidazole rings is 1. The molecule has 0 aliphatic carbocycles. The predicted molar refractivity (Wildman–Crippen MR) is 376 cm³/mol. The number of phenols is 1. The van der Waals surface area contributed by atoms with Crippen LogP contribution in [0.15, 0.2) is 163 Å². The van der Waals surface area contributed by atoms with Gasteiger partial charge >= 0.3 is 11.4 Å². The number of pyridine rings is 3. The average molecular weight is 1280 g/mol. The van der Waals surface area contributed by atoms with Crippen molar-refractivity contribution < 1.29 is 46.3 Å². The number of nitrogens with zero attached hydrogens (tertiary/aromatic N) is 15. The van der Waals surface area contributed by atoms with E-state index in [2.05, 4.69) is 120 Å². The summed E-state index contributed by atoms with van der Waals surface area (Å²) >= 11 is 1.84. The van der Waals surface area contributed by atoms with E-state index in [4.69, 9.17) is 0 Å². The first-order chi connectivity index (χ1) is 39.9. The van der Waals surface area contributed by atoms with Gasteiger partial charge in [-0.1, -0.05) is 74.1 Å². The van der Waals surface area contributed by atoms with Gasteiger partial charge in [-0.3, -0.25) is 0 Å². The largest absolute Gasteiger partial charge is 0.508 e. The molecule has 18 nitrogen and oxygen atoms in total. The molecule has 11 rings (SSSR count). The summed E-state index contributed by atoms with van der Waals surface area (Å²) in [5, 5.41) is 16.0. The van der Waals surface area contributed by atoms with Gasteiger partial charge in [0.25, 0.3) is 12.2 Å². The molecule has 0 unspecified atom stereocenters. The molecule has 91 heavy (non-hydrogen) atoms. The van der Waals surface area contributed by atoms with E-state index in [9.17, 15) is 14.7 Å². The third-order valence-electron chi connectivity index (χ3n) is 14.7. The Kier molecular flexibility index (Phi) is 41.1. The third kappa shape index (κ3) is 27.0. The summed E-state index contributed by atoms with van der Waals surface area (Å²) in [5.41, 5.74) is 10.2. The maximum absolute atomic E-state index is 11.3. The predicted octanol–water partition coefficient (Wildman–Crippen LogP) is 8.38. The minimum Gasteiger partial charge on any atom is -0.508 e. The lowest BCUT2D eigenvalue weighted by molar-refractivity contribution is -0.748. The molecule has 0 spiro atoms. The van der Waals surface area contributed by atoms with Crippen LogP contribution in [0.25, 0.3) is 21.1 Å². The van der Waals surface area contributed by atoms with E-state index in [1.54, 1.807) is 65.0 Å². The van der Waals surface area contributed by atoms with Crippen LogP contribution >= 0.6 is 11.3 Å². The van der Waals surface area contributed by atoms with E-state index in [1.165, 1.54) is 37.9 Å². The van der Waals surface area contributed by atoms with Crippen LogP contribution < -0.4 is 52.6 Å². The van der Waals surface area contributed by atoms with E-state index < -0.39 is 0 Å². The van der Waals surface area contributed by atoms with Gasteiger partial charge in [-0.25, -0.2) is 32.0 Å². The quantitative estimate of drug-likeness (QED) is 0.153. The van der Waals surface area contributed by atoms with Gasteiger partial charge in [-0.05, 0) is 71.4 Å². The molecule has 0 fully saturated rings. The summed E-state index contributed by atoms with van der Waals surface area (Å²) in [5.74, 6) is 2.78. The molecule has 0 aliphatic rings. The fraction of sp³-hybridized carbons (Fsp3) is 0.417. The van der Waals surface area contributed by atoms with Gasteiger partial charge in [0.1, 0.15) is 73.6 Å². The molecule has 2 aromatic carbocycles. The van der Waals surface area contributed by atoms with E-state index >= 15 is 0 Å². The third-order valence-corrected chi connectivity index (χ3v) is 15.8. The van der Waals surface area contributed by atoms with Crippen molar-refractivity contribution in [2.45, 2.75) is 114 Å². The summed E-state index contributed by atoms with van der Waals surface area (Å²) in [7, 11) is 27.2. The Morgan fingerprint density at radius 3 is 1.49 bits per heavy atom. The lowest BCUT2D eigenvalue weighted by Gasteiger charge is -1.99. The highest BCUT2D eigenvalue weighted by Gasteiger charge is 2.14. The number of rotatable bonds is 0. The van der Waals surface area contributed by atoms with Crippen LogP contribution in [0.4, 0.5) is 0 Å². The molecule has 11 aromatic rings. The number of aryl methyl sites for hydroxylation is 19. The highest BCUT2D eigenvalue weighted by Crippen LogP contribution is 2.24. The molecule has 1 N–H and O–H groups in total. The summed E-state index contributed by atoms with van der Waals surface area (Å²) in [6.07, 6.45) is 19.9. The Labute approximate surface area is 552 Å². The number of aromatic hydroxyl groups is 1. The Balaban J connectivity index is -0.000000466. The Bertz CT molecular complexity index is 3860. The number of aromatic nitrogens is 15. The minimum absolute atomic E-state index is 0. The average Bonchev–Trinajstić information content (AvgIpc) is 1.72. The van der Waals surface area contributed by atoms with Gasteiger partial charge in [-0.2, -0.15) is 32.5 Å². The summed E-state index contributed by atoms with van der Waals surface area (Å²) in [6, 6.07) is 30.5. The zero-order chi connectivity index (χ0) is 64.0. The second-order valence-corrected chi connectivity index (χ2v) is 22.5. The number of phenolic OH excluding ortho intramolecular Hbond substituents is 1. The number of benzene rings is 2. The summed E-state index contributed by atoms with van der Waals surface area (Å²) < 4.78 is 28.1. The first kappa shape index (κ1) is 88.6. The van der Waals surface area contributed by atoms with Gasteiger partial charge in [0.05, 0.1) is 75.0 Å². The summed E-state index contributed by atoms with van der Waals surface area (Å²) in [6.45, 7) is 20.2. The molecule has 9 aromatic heterocycles. The van der Waals surface area contributed by atoms with Crippen LogP contribution in [0.3, 0.4) is 0 Å². The molecule has 0 saturated carbocycles. The van der Waals surface area contributed by atoms with Crippen LogP contribution in [-0.2, 0) is 98.7 Å². The van der Waals surface area contributed by atoms with Crippen molar-refractivity contribution >= 4 is 32.5 Å². The zero-order valence-electron chi connectivity index (χ0n) is 55.3. The normalized spacial score (nSPS) is 9.36. The fourth-order valence-electron chi connectivity index (χ4n) is 7.85. The SMILES string of the molecule is C.C.C.C.C.C.Cc1c(O)ccc2c[n+](C)n(C)c12.Cc1cc(C)[n+](C)c(=O)n1C.Cc1cc[n+](C)c(=O)n1C.Cc1cc[n+](C)cc1.Cc1ccc[n+](C)c1.Cc1cccc[n+]1C.Cc1n(C)cc[n+]1C.Cc1n(C)nc[n+]1C.Cc1sc2ccccc2[n+]1C. The maximum Gasteiger partial charge on any atom is 0.497 e. The van der Waals surface area contributed by atoms with Crippen LogP contribution in [0.1, 0.15) is 101 Å². The van der Waals surface area contributed by atoms with E-state index in [1.807, 2.05) is 217 Å². The van der Waals surface area contributed by atoms with Crippen LogP contribution in [0, 0.1) is 69.2 Å². The topological polar surface area (TPSA) is 127 Å². The first-order valence-electron chi connectivity index (χ1n) is 28.0. The molecule has 0 amide bonds. The van der Waals surface area contributed by atoms with Crippen molar-refractivity contribution in [3.05, 3.63) is 230 Å². The molecule has 0 saturated heterocycles. The minimum atomic E-state index is 0. The lowest BCUT2D eigenvalue weighted by Crippen LogP contribution is -2.53. The van der Waals surface area contributed by atoms with Crippen molar-refractivity contribution in [3.63, 3.8) is 0 Å². The van der Waals surface area contributed by atoms with Crippen molar-refractivity contribution in [3.8, 4) is 5.75 Å². The Morgan fingerprint density at radius 1 is 0.484 bits per heavy atom. The van der Waals surface area contributed by atoms with Crippen molar-refractivity contribution in [2.75, 3.05) is 0 Å². The van der Waals surface area contributed by atoms with Crippen molar-refractivity contribution in [1.29, 1.82) is 0 Å². The van der Waals surface area contributed by atoms with E-state index in [0.717, 1.165) is 39.4 Å². The van der Waals surface area contributed by atoms with Gasteiger partial charge in [-0.15, -0.1) is 9.36 Å². The molecule has 9 heterocycles. The van der Waals surface area contributed by atoms with Gasteiger partial charge in [0.2, 0.25) is 22.5 Å². The number of thiazole rings is 1. The van der Waals surface area contributed by atoms with Crippen LogP contribution in [0.5, 0.6) is 5.75 Å². The number of hydrogen-bond acceptors (Lipinski definition) is 5. The standard InChI is InChI=1S/C10H12N2O.C9H10NS.C8H13N2O.C7H11N2O.3C7H10N.C6H11N2.C5H10N3.6CH4/c1-7-9(13)5-4-8-6-11(2)12(3)10(7)8;1-7-10(2)8-5-3-4-6-9(8)11-7;1-6-5-7(2)10(4)8(11)9(6)3;1-6-4-5-8(2)7(10)9(6)3;1-7-3-5-8(2)6-4-7;1-7-4-3-5-8(2)6-7;1-7-5-3-4-6-8(7)2;1-6-7(2)4-5-8(6)3;1-5-7(2)4-6-8(5)3;;;;;;/h4-6H,1-3H3;3-6H,1-2H3;5H,1-4H3;4-5H,1-3H3;3*3-6H,1-2H3;4-5H,1-3H3;4H,1-3H3;6*1H4/q;8*+1;;;;;;/p+1. The number of hydrogen-bond donors (Lipinski definition) is 1. The number of fused-ring (bicyclic) bond motifs is 2. The van der Waals surface area contributed by atoms with E-state index in [0.29, 0.717) is 5.75 Å². The smallest absolute Gasteiger partial charge is 0.497 e. The molecule has 0 atom stereocenters. The van der Waals surface area contributed by atoms with Crippen LogP contribution in [0.2, 0.25) is 0 Å². The molecule has 0 bridgehead atoms. The van der Waals surface area contributed by atoms with Crippen molar-refractivity contribution in [1.82, 2.24) is 28.2 Å². The maximum atomic E-state index is 11.3. The van der Waals surface area contributed by atoms with Gasteiger partial charge in [0, 0.05) is 92.5 Å². The highest BCUT2D eigenvalue weighted by molar-refractivity contribution is 7.18. The Morgan fingerprint density at radius 2 is 1.07 bits per heavy atom. The molecular weight excluding hydrogens is 1150 g/mol. The van der Waals surface area contributed by atoms with Crippen molar-refractivity contribution in [2.24, 2.45) is 98.7 Å². The fourth-order valence-corrected chi connectivity index (χ4v) is 8.86. The second-order valence-electron chi connectivity index (χ2n) is 21.3. The first-order valence-corrected chi connectivity index (χ1v) is 28.8. The van der Waals surface area contributed by atoms with Gasteiger partial charge < -0.3 is 5.11 Å². The number of para-hydroxylation sites is 1. The monoisotopic (exact) mass is 1280 g/mol. The molecule has 19 heteroatoms. The van der Waals surface area contributed by atoms with Gasteiger partial charge in [0.15, 0.2) is 43.7 Å². The highest BCUT2D eigenvalue weighted by atomic mass is 32.1. The molecule has 500 valence electrons. The van der Waals surface area contributed by atoms with E-state index in [-0.39, 0.29) is 55.9 Å². The zero-order valence-corrected chi connectivity index (χ0v) is 56.1. The Hall–Kier alpha value is -8.84. The molecule has 0 radical (unpaired) electrons.